The molecule has 11 heteroatoms. The molecule has 226 valence electrons. The largest absolute Gasteiger partial charge is 0.484 e. The molecule has 0 bridgehead atoms. The SMILES string of the molecule is CC1=C(C(=O)OC2CCCCC2)C(c2ccc(OCC(=O)N3CCOCC3)cc2)n2nc(SCc3ccccc3)nc2N1. The Bertz CT molecular complexity index is 1450. The number of anilines is 1. The highest BCUT2D eigenvalue weighted by molar-refractivity contribution is 7.98. The van der Waals surface area contributed by atoms with E-state index < -0.39 is 6.04 Å². The minimum absolute atomic E-state index is 0.0418. The number of thioether (sulfide) groups is 1. The number of hydrogen-bond donors (Lipinski definition) is 1. The average molecular weight is 604 g/mol. The fraction of sp³-hybridized carbons (Fsp3) is 0.438. The molecule has 1 aromatic heterocycles. The van der Waals surface area contributed by atoms with Crippen molar-refractivity contribution in [1.29, 1.82) is 0 Å². The maximum absolute atomic E-state index is 13.7. The molecule has 1 atom stereocenters. The van der Waals surface area contributed by atoms with Crippen LogP contribution in [0.4, 0.5) is 5.95 Å². The van der Waals surface area contributed by atoms with Crippen molar-refractivity contribution in [3.05, 3.63) is 77.0 Å². The van der Waals surface area contributed by atoms with Gasteiger partial charge in [-0.25, -0.2) is 9.48 Å². The molecule has 10 nitrogen and oxygen atoms in total. The van der Waals surface area contributed by atoms with E-state index in [1.165, 1.54) is 12.0 Å². The number of nitrogens with one attached hydrogen (secondary N) is 1. The number of fused-ring (bicyclic) bond motifs is 1. The van der Waals surface area contributed by atoms with E-state index in [0.717, 1.165) is 37.0 Å². The number of hydrogen-bond acceptors (Lipinski definition) is 9. The van der Waals surface area contributed by atoms with Crippen molar-refractivity contribution < 1.29 is 23.8 Å². The molecule has 2 aromatic carbocycles. The maximum Gasteiger partial charge on any atom is 0.338 e. The van der Waals surface area contributed by atoms with Crippen LogP contribution in [0.15, 0.2) is 71.0 Å². The Hall–Kier alpha value is -3.83. The van der Waals surface area contributed by atoms with Gasteiger partial charge in [0.1, 0.15) is 17.9 Å². The molecule has 6 rings (SSSR count). The summed E-state index contributed by atoms with van der Waals surface area (Å²) < 4.78 is 19.0. The normalized spacial score (nSPS) is 19.0. The Morgan fingerprint density at radius 3 is 2.51 bits per heavy atom. The monoisotopic (exact) mass is 603 g/mol. The Labute approximate surface area is 255 Å². The van der Waals surface area contributed by atoms with Crippen LogP contribution >= 0.6 is 11.8 Å². The van der Waals surface area contributed by atoms with Gasteiger partial charge in [-0.15, -0.1) is 5.10 Å². The summed E-state index contributed by atoms with van der Waals surface area (Å²) >= 11 is 1.55. The summed E-state index contributed by atoms with van der Waals surface area (Å²) in [7, 11) is 0. The van der Waals surface area contributed by atoms with Crippen LogP contribution in [0.3, 0.4) is 0 Å². The van der Waals surface area contributed by atoms with Crippen molar-refractivity contribution in [2.24, 2.45) is 0 Å². The lowest BCUT2D eigenvalue weighted by molar-refractivity contribution is -0.146. The first-order valence-corrected chi connectivity index (χ1v) is 15.9. The smallest absolute Gasteiger partial charge is 0.338 e. The third-order valence-electron chi connectivity index (χ3n) is 8.01. The van der Waals surface area contributed by atoms with Gasteiger partial charge in [-0.1, -0.05) is 60.6 Å². The standard InChI is InChI=1S/C32H37N5O5S/c1-22-28(30(39)42-26-10-6-3-7-11-26)29(37-31(33-22)34-32(35-37)43-21-23-8-4-2-5-9-23)24-12-14-25(15-13-24)41-20-27(38)36-16-18-40-19-17-36/h2,4-5,8-9,12-15,26,29H,3,6-7,10-11,16-21H2,1H3,(H,33,34,35). The zero-order chi connectivity index (χ0) is 29.6. The average Bonchev–Trinajstić information content (AvgIpc) is 3.46. The first kappa shape index (κ1) is 29.3. The van der Waals surface area contributed by atoms with Gasteiger partial charge in [0.25, 0.3) is 5.91 Å². The van der Waals surface area contributed by atoms with Gasteiger partial charge in [-0.3, -0.25) is 4.79 Å². The Balaban J connectivity index is 1.23. The second kappa shape index (κ2) is 13.6. The summed E-state index contributed by atoms with van der Waals surface area (Å²) in [5.74, 6) is 1.48. The van der Waals surface area contributed by atoms with E-state index in [1.54, 1.807) is 21.3 Å². The fourth-order valence-corrected chi connectivity index (χ4v) is 6.47. The van der Waals surface area contributed by atoms with E-state index in [1.807, 2.05) is 49.4 Å². The lowest BCUT2D eigenvalue weighted by Crippen LogP contribution is -2.42. The second-order valence-electron chi connectivity index (χ2n) is 11.0. The first-order chi connectivity index (χ1) is 21.0. The lowest BCUT2D eigenvalue weighted by atomic mass is 9.95. The minimum Gasteiger partial charge on any atom is -0.484 e. The van der Waals surface area contributed by atoms with Gasteiger partial charge in [0.05, 0.1) is 18.8 Å². The molecule has 2 aliphatic heterocycles. The highest BCUT2D eigenvalue weighted by Gasteiger charge is 2.36. The summed E-state index contributed by atoms with van der Waals surface area (Å²) in [5.41, 5.74) is 3.23. The number of rotatable bonds is 9. The van der Waals surface area contributed by atoms with Gasteiger partial charge in [-0.05, 0) is 55.9 Å². The van der Waals surface area contributed by atoms with Crippen LogP contribution in [0.2, 0.25) is 0 Å². The van der Waals surface area contributed by atoms with Crippen LogP contribution < -0.4 is 10.1 Å². The molecule has 0 spiro atoms. The van der Waals surface area contributed by atoms with Gasteiger partial charge in [0.15, 0.2) is 6.61 Å². The summed E-state index contributed by atoms with van der Waals surface area (Å²) in [5, 5.41) is 8.76. The quantitative estimate of drug-likeness (QED) is 0.268. The van der Waals surface area contributed by atoms with Crippen molar-refractivity contribution in [1.82, 2.24) is 19.7 Å². The van der Waals surface area contributed by atoms with Crippen LogP contribution in [0.5, 0.6) is 5.75 Å². The molecule has 3 aromatic rings. The van der Waals surface area contributed by atoms with Gasteiger partial charge in [0, 0.05) is 24.5 Å². The van der Waals surface area contributed by atoms with Crippen LogP contribution in [-0.4, -0.2) is 70.6 Å². The van der Waals surface area contributed by atoms with Gasteiger partial charge in [-0.2, -0.15) is 4.98 Å². The Kier molecular flexibility index (Phi) is 9.28. The number of benzene rings is 2. The van der Waals surface area contributed by atoms with E-state index >= 15 is 0 Å². The number of nitrogens with zero attached hydrogens (tertiary/aromatic N) is 4. The molecule has 1 amide bonds. The number of amides is 1. The first-order valence-electron chi connectivity index (χ1n) is 15.0. The van der Waals surface area contributed by atoms with Crippen molar-refractivity contribution in [3.8, 4) is 5.75 Å². The molecule has 1 N–H and O–H groups in total. The number of esters is 1. The van der Waals surface area contributed by atoms with Crippen molar-refractivity contribution in [2.45, 2.75) is 62.1 Å². The summed E-state index contributed by atoms with van der Waals surface area (Å²) in [4.78, 5) is 32.8. The molecule has 3 heterocycles. The second-order valence-corrected chi connectivity index (χ2v) is 12.0. The van der Waals surface area contributed by atoms with Gasteiger partial charge in [0.2, 0.25) is 11.1 Å². The third-order valence-corrected chi connectivity index (χ3v) is 8.92. The highest BCUT2D eigenvalue weighted by Crippen LogP contribution is 2.38. The molecular formula is C32H37N5O5S. The number of allylic oxidation sites excluding steroid dienone is 1. The van der Waals surface area contributed by atoms with E-state index in [9.17, 15) is 9.59 Å². The van der Waals surface area contributed by atoms with Gasteiger partial charge >= 0.3 is 5.97 Å². The fourth-order valence-electron chi connectivity index (χ4n) is 5.68. The Morgan fingerprint density at radius 2 is 1.77 bits per heavy atom. The van der Waals surface area contributed by atoms with Crippen molar-refractivity contribution in [3.63, 3.8) is 0 Å². The number of carbonyl (C=O) groups excluding carboxylic acids is 2. The zero-order valence-electron chi connectivity index (χ0n) is 24.4. The molecule has 0 radical (unpaired) electrons. The zero-order valence-corrected chi connectivity index (χ0v) is 25.2. The van der Waals surface area contributed by atoms with Crippen LogP contribution in [0.1, 0.15) is 56.2 Å². The Morgan fingerprint density at radius 1 is 1.02 bits per heavy atom. The molecule has 1 saturated carbocycles. The highest BCUT2D eigenvalue weighted by atomic mass is 32.2. The summed E-state index contributed by atoms with van der Waals surface area (Å²) in [6.45, 7) is 4.09. The third kappa shape index (κ3) is 7.05. The summed E-state index contributed by atoms with van der Waals surface area (Å²) in [6, 6.07) is 17.1. The van der Waals surface area contributed by atoms with Crippen LogP contribution in [0.25, 0.3) is 0 Å². The molecule has 43 heavy (non-hydrogen) atoms. The lowest BCUT2D eigenvalue weighted by Gasteiger charge is -2.30. The number of carbonyl (C=O) groups is 2. The van der Waals surface area contributed by atoms with E-state index in [-0.39, 0.29) is 24.6 Å². The van der Waals surface area contributed by atoms with Crippen molar-refractivity contribution in [2.75, 3.05) is 38.2 Å². The molecule has 3 aliphatic rings. The molecule has 2 fully saturated rings. The predicted molar refractivity (Wildman–Crippen MR) is 163 cm³/mol. The van der Waals surface area contributed by atoms with Gasteiger partial charge < -0.3 is 24.4 Å². The van der Waals surface area contributed by atoms with E-state index in [4.69, 9.17) is 24.3 Å². The molecular weight excluding hydrogens is 566 g/mol. The predicted octanol–water partition coefficient (Wildman–Crippen LogP) is 4.97. The number of aromatic nitrogens is 3. The number of morpholine rings is 1. The van der Waals surface area contributed by atoms with Crippen LogP contribution in [-0.2, 0) is 24.8 Å². The summed E-state index contributed by atoms with van der Waals surface area (Å²) in [6.07, 6.45) is 5.03. The molecule has 1 saturated heterocycles. The molecule has 1 unspecified atom stereocenters. The minimum atomic E-state index is -0.532. The van der Waals surface area contributed by atoms with E-state index in [2.05, 4.69) is 17.4 Å². The number of ether oxygens (including phenoxy) is 3. The van der Waals surface area contributed by atoms with Crippen molar-refractivity contribution >= 4 is 29.6 Å². The topological polar surface area (TPSA) is 108 Å². The molecule has 1 aliphatic carbocycles. The van der Waals surface area contributed by atoms with Crippen LogP contribution in [0, 0.1) is 0 Å². The maximum atomic E-state index is 13.7. The van der Waals surface area contributed by atoms with E-state index in [0.29, 0.717) is 54.4 Å².